The SMILES string of the molecule is C=O.CC.CC(N)Cc1ccccc1.COc1ccccc1.Cc1ccccc1. The molecule has 0 fully saturated rings. The molecule has 0 spiro atoms. The van der Waals surface area contributed by atoms with E-state index in [1.807, 2.05) is 94.3 Å². The van der Waals surface area contributed by atoms with Crippen LogP contribution in [-0.4, -0.2) is 19.9 Å². The lowest BCUT2D eigenvalue weighted by atomic mass is 10.1. The van der Waals surface area contributed by atoms with Crippen molar-refractivity contribution in [3.63, 3.8) is 0 Å². The van der Waals surface area contributed by atoms with Gasteiger partial charge in [-0.15, -0.1) is 0 Å². The Balaban J connectivity index is 0. The summed E-state index contributed by atoms with van der Waals surface area (Å²) in [4.78, 5) is 8.00. The molecule has 3 rings (SSSR count). The summed E-state index contributed by atoms with van der Waals surface area (Å²) in [5.41, 5.74) is 8.26. The van der Waals surface area contributed by atoms with Crippen LogP contribution in [-0.2, 0) is 11.2 Å². The lowest BCUT2D eigenvalue weighted by Gasteiger charge is -2.02. The highest BCUT2D eigenvalue weighted by atomic mass is 16.5. The molecule has 158 valence electrons. The topological polar surface area (TPSA) is 52.3 Å². The molecule has 0 amide bonds. The quantitative estimate of drug-likeness (QED) is 0.582. The number of nitrogens with two attached hydrogens (primary N) is 1. The van der Waals surface area contributed by atoms with Gasteiger partial charge in [-0.05, 0) is 38.0 Å². The maximum Gasteiger partial charge on any atom is 0.118 e. The van der Waals surface area contributed by atoms with E-state index in [0.29, 0.717) is 0 Å². The Bertz CT molecular complexity index is 671. The average Bonchev–Trinajstić information content (AvgIpc) is 2.79. The van der Waals surface area contributed by atoms with E-state index in [4.69, 9.17) is 15.3 Å². The molecule has 29 heavy (non-hydrogen) atoms. The third-order valence-corrected chi connectivity index (χ3v) is 3.32. The Hall–Kier alpha value is -2.91. The minimum atomic E-state index is 0.266. The number of aryl methyl sites for hydroxylation is 1. The normalized spacial score (nSPS) is 9.31. The van der Waals surface area contributed by atoms with Gasteiger partial charge in [-0.2, -0.15) is 0 Å². The fraction of sp³-hybridized carbons (Fsp3) is 0.269. The Morgan fingerprint density at radius 1 is 0.793 bits per heavy atom. The fourth-order valence-corrected chi connectivity index (χ4v) is 2.08. The van der Waals surface area contributed by atoms with Crippen molar-refractivity contribution in [2.75, 3.05) is 7.11 Å². The minimum Gasteiger partial charge on any atom is -0.497 e. The lowest BCUT2D eigenvalue weighted by molar-refractivity contribution is -0.0979. The van der Waals surface area contributed by atoms with Crippen molar-refractivity contribution in [1.82, 2.24) is 0 Å². The zero-order valence-corrected chi connectivity index (χ0v) is 18.5. The van der Waals surface area contributed by atoms with Gasteiger partial charge in [0.2, 0.25) is 0 Å². The summed E-state index contributed by atoms with van der Waals surface area (Å²) in [5, 5.41) is 0. The Morgan fingerprint density at radius 2 is 1.17 bits per heavy atom. The minimum absolute atomic E-state index is 0.266. The summed E-state index contributed by atoms with van der Waals surface area (Å²) >= 11 is 0. The largest absolute Gasteiger partial charge is 0.497 e. The molecule has 1 atom stereocenters. The third kappa shape index (κ3) is 18.2. The second-order valence-corrected chi connectivity index (χ2v) is 5.84. The number of benzene rings is 3. The molecule has 0 aromatic heterocycles. The molecule has 0 aliphatic rings. The highest BCUT2D eigenvalue weighted by molar-refractivity contribution is 5.20. The van der Waals surface area contributed by atoms with Crippen LogP contribution in [0.5, 0.6) is 5.75 Å². The van der Waals surface area contributed by atoms with Gasteiger partial charge >= 0.3 is 0 Å². The molecule has 3 aromatic carbocycles. The van der Waals surface area contributed by atoms with Crippen LogP contribution in [0, 0.1) is 6.92 Å². The number of carbonyl (C=O) groups is 1. The van der Waals surface area contributed by atoms with Crippen LogP contribution in [0.1, 0.15) is 31.9 Å². The summed E-state index contributed by atoms with van der Waals surface area (Å²) in [6.45, 7) is 10.1. The maximum atomic E-state index is 8.00. The number of hydrogen-bond donors (Lipinski definition) is 1. The molecule has 0 heterocycles. The molecule has 0 aliphatic carbocycles. The molecule has 3 aromatic rings. The Kier molecular flexibility index (Phi) is 20.9. The maximum absolute atomic E-state index is 8.00. The average molecular weight is 396 g/mol. The van der Waals surface area contributed by atoms with E-state index in [9.17, 15) is 0 Å². The van der Waals surface area contributed by atoms with Crippen LogP contribution in [0.15, 0.2) is 91.0 Å². The predicted octanol–water partition coefficient (Wildman–Crippen LogP) is 6.11. The molecule has 0 saturated heterocycles. The van der Waals surface area contributed by atoms with Gasteiger partial charge in [0, 0.05) is 6.04 Å². The smallest absolute Gasteiger partial charge is 0.118 e. The lowest BCUT2D eigenvalue weighted by Crippen LogP contribution is -2.17. The number of rotatable bonds is 3. The van der Waals surface area contributed by atoms with Crippen molar-refractivity contribution < 1.29 is 9.53 Å². The second-order valence-electron chi connectivity index (χ2n) is 5.84. The van der Waals surface area contributed by atoms with Crippen LogP contribution in [0.3, 0.4) is 0 Å². The first kappa shape index (κ1) is 28.3. The van der Waals surface area contributed by atoms with Crippen molar-refractivity contribution in [2.45, 2.75) is 40.2 Å². The van der Waals surface area contributed by atoms with E-state index in [1.165, 1.54) is 11.1 Å². The molecule has 0 saturated carbocycles. The number of carbonyl (C=O) groups excluding carboxylic acids is 1. The summed E-state index contributed by atoms with van der Waals surface area (Å²) in [7, 11) is 1.66. The molecular formula is C26H37NO2. The number of para-hydroxylation sites is 1. The zero-order chi connectivity index (χ0) is 22.3. The van der Waals surface area contributed by atoms with Crippen LogP contribution in [0.25, 0.3) is 0 Å². The van der Waals surface area contributed by atoms with Crippen molar-refractivity contribution in [3.8, 4) is 5.75 Å². The van der Waals surface area contributed by atoms with Gasteiger partial charge in [0.05, 0.1) is 7.11 Å². The van der Waals surface area contributed by atoms with E-state index < -0.39 is 0 Å². The Morgan fingerprint density at radius 3 is 1.45 bits per heavy atom. The molecular weight excluding hydrogens is 358 g/mol. The summed E-state index contributed by atoms with van der Waals surface area (Å²) in [6.07, 6.45) is 0.973. The van der Waals surface area contributed by atoms with Gasteiger partial charge in [0.25, 0.3) is 0 Å². The van der Waals surface area contributed by atoms with Crippen LogP contribution < -0.4 is 10.5 Å². The van der Waals surface area contributed by atoms with E-state index in [0.717, 1.165) is 12.2 Å². The number of methoxy groups -OCH3 is 1. The fourth-order valence-electron chi connectivity index (χ4n) is 2.08. The highest BCUT2D eigenvalue weighted by Crippen LogP contribution is 2.05. The first-order valence-corrected chi connectivity index (χ1v) is 9.81. The van der Waals surface area contributed by atoms with Gasteiger partial charge in [-0.25, -0.2) is 0 Å². The van der Waals surface area contributed by atoms with Crippen molar-refractivity contribution >= 4 is 6.79 Å². The van der Waals surface area contributed by atoms with Crippen LogP contribution in [0.2, 0.25) is 0 Å². The molecule has 2 N–H and O–H groups in total. The molecule has 1 unspecified atom stereocenters. The zero-order valence-electron chi connectivity index (χ0n) is 18.5. The van der Waals surface area contributed by atoms with Gasteiger partial charge in [-0.1, -0.05) is 98.3 Å². The Labute approximate surface area is 177 Å². The summed E-state index contributed by atoms with van der Waals surface area (Å²) < 4.78 is 4.91. The number of ether oxygens (including phenoxy) is 1. The van der Waals surface area contributed by atoms with Gasteiger partial charge in [-0.3, -0.25) is 0 Å². The van der Waals surface area contributed by atoms with E-state index >= 15 is 0 Å². The van der Waals surface area contributed by atoms with Crippen LogP contribution in [0.4, 0.5) is 0 Å². The monoisotopic (exact) mass is 395 g/mol. The third-order valence-electron chi connectivity index (χ3n) is 3.32. The van der Waals surface area contributed by atoms with E-state index in [-0.39, 0.29) is 6.04 Å². The van der Waals surface area contributed by atoms with Gasteiger partial charge in [0.15, 0.2) is 0 Å². The highest BCUT2D eigenvalue weighted by Gasteiger charge is 1.94. The predicted molar refractivity (Wildman–Crippen MR) is 126 cm³/mol. The molecule has 0 bridgehead atoms. The van der Waals surface area contributed by atoms with E-state index in [2.05, 4.69) is 31.2 Å². The number of hydrogen-bond acceptors (Lipinski definition) is 3. The van der Waals surface area contributed by atoms with E-state index in [1.54, 1.807) is 7.11 Å². The first-order valence-electron chi connectivity index (χ1n) is 9.81. The molecule has 3 heteroatoms. The first-order chi connectivity index (χ1) is 14.1. The second kappa shape index (κ2) is 21.4. The standard InChI is InChI=1S/C9H13N.C7H8O.C7H8.C2H6.CH2O/c1-8(10)7-9-5-3-2-4-6-9;1-8-7-5-3-2-4-6-7;1-7-5-3-2-4-6-7;2*1-2/h2-6,8H,7,10H2,1H3;2-6H,1H3;2-6H,1H3;1-2H3;1H2. The molecule has 3 nitrogen and oxygen atoms in total. The van der Waals surface area contributed by atoms with Crippen molar-refractivity contribution in [3.05, 3.63) is 102 Å². The van der Waals surface area contributed by atoms with Crippen LogP contribution >= 0.6 is 0 Å². The molecule has 0 aliphatic heterocycles. The summed E-state index contributed by atoms with van der Waals surface area (Å²) in [6, 6.07) is 30.5. The summed E-state index contributed by atoms with van der Waals surface area (Å²) in [5.74, 6) is 0.910. The van der Waals surface area contributed by atoms with Gasteiger partial charge in [0.1, 0.15) is 12.5 Å². The van der Waals surface area contributed by atoms with Crippen molar-refractivity contribution in [1.29, 1.82) is 0 Å². The van der Waals surface area contributed by atoms with Gasteiger partial charge < -0.3 is 15.3 Å². The molecule has 0 radical (unpaired) electrons. The van der Waals surface area contributed by atoms with Crippen molar-refractivity contribution in [2.24, 2.45) is 5.73 Å².